The van der Waals surface area contributed by atoms with Crippen LogP contribution in [0, 0.1) is 5.92 Å². The Labute approximate surface area is 122 Å². The Kier molecular flexibility index (Phi) is 3.68. The molecule has 1 saturated carbocycles. The number of aromatic nitrogens is 1. The van der Waals surface area contributed by atoms with Crippen molar-refractivity contribution in [1.82, 2.24) is 10.3 Å². The van der Waals surface area contributed by atoms with Crippen LogP contribution in [0.25, 0.3) is 10.9 Å². The third kappa shape index (κ3) is 2.67. The molecule has 1 aliphatic rings. The van der Waals surface area contributed by atoms with Crippen LogP contribution >= 0.6 is 11.6 Å². The van der Waals surface area contributed by atoms with Crippen LogP contribution in [0.5, 0.6) is 0 Å². The highest BCUT2D eigenvalue weighted by atomic mass is 35.5. The minimum atomic E-state index is -0.281. The van der Waals surface area contributed by atoms with Crippen molar-refractivity contribution in [1.29, 1.82) is 0 Å². The van der Waals surface area contributed by atoms with Gasteiger partial charge in [-0.05, 0) is 31.0 Å². The van der Waals surface area contributed by atoms with E-state index in [0.29, 0.717) is 17.3 Å². The smallest absolute Gasteiger partial charge is 0.267 e. The van der Waals surface area contributed by atoms with E-state index in [1.165, 1.54) is 0 Å². The molecule has 2 atom stereocenters. The van der Waals surface area contributed by atoms with Crippen LogP contribution < -0.4 is 5.32 Å². The molecular weight excluding hydrogens is 276 g/mol. The molecule has 3 N–H and O–H groups in total. The van der Waals surface area contributed by atoms with Gasteiger partial charge >= 0.3 is 0 Å². The number of H-pyrrole nitrogens is 1. The lowest BCUT2D eigenvalue weighted by molar-refractivity contribution is 0.0913. The lowest BCUT2D eigenvalue weighted by Gasteiger charge is -2.14. The van der Waals surface area contributed by atoms with Crippen molar-refractivity contribution < 1.29 is 9.90 Å². The first-order valence-corrected chi connectivity index (χ1v) is 7.26. The van der Waals surface area contributed by atoms with Gasteiger partial charge < -0.3 is 15.4 Å². The van der Waals surface area contributed by atoms with Gasteiger partial charge in [0.1, 0.15) is 5.69 Å². The zero-order valence-electron chi connectivity index (χ0n) is 11.0. The van der Waals surface area contributed by atoms with E-state index in [9.17, 15) is 9.90 Å². The minimum Gasteiger partial charge on any atom is -0.393 e. The summed E-state index contributed by atoms with van der Waals surface area (Å²) in [6.45, 7) is 0.524. The first-order valence-electron chi connectivity index (χ1n) is 6.88. The number of aliphatic hydroxyl groups is 1. The van der Waals surface area contributed by atoms with Gasteiger partial charge in [-0.2, -0.15) is 0 Å². The van der Waals surface area contributed by atoms with Crippen LogP contribution in [0.15, 0.2) is 24.3 Å². The molecule has 106 valence electrons. The summed E-state index contributed by atoms with van der Waals surface area (Å²) in [4.78, 5) is 15.2. The van der Waals surface area contributed by atoms with Crippen molar-refractivity contribution in [3.63, 3.8) is 0 Å². The Morgan fingerprint density at radius 2 is 2.25 bits per heavy atom. The number of fused-ring (bicyclic) bond motifs is 1. The Bertz CT molecular complexity index is 638. The Morgan fingerprint density at radius 3 is 3.00 bits per heavy atom. The van der Waals surface area contributed by atoms with Crippen LogP contribution in [-0.4, -0.2) is 28.6 Å². The van der Waals surface area contributed by atoms with E-state index in [4.69, 9.17) is 11.6 Å². The molecule has 1 aromatic carbocycles. The number of amides is 1. The van der Waals surface area contributed by atoms with Gasteiger partial charge in [0.25, 0.3) is 5.91 Å². The van der Waals surface area contributed by atoms with Crippen LogP contribution in [0.1, 0.15) is 29.8 Å². The van der Waals surface area contributed by atoms with E-state index in [1.54, 1.807) is 12.1 Å². The average molecular weight is 293 g/mol. The van der Waals surface area contributed by atoms with Crippen molar-refractivity contribution in [2.45, 2.75) is 25.4 Å². The Balaban J connectivity index is 1.69. The maximum Gasteiger partial charge on any atom is 0.267 e. The number of halogens is 1. The first kappa shape index (κ1) is 13.5. The first-order chi connectivity index (χ1) is 9.63. The summed E-state index contributed by atoms with van der Waals surface area (Å²) < 4.78 is 0. The molecule has 0 saturated heterocycles. The number of aromatic amines is 1. The van der Waals surface area contributed by atoms with E-state index in [0.717, 1.165) is 30.2 Å². The van der Waals surface area contributed by atoms with Crippen molar-refractivity contribution in [3.8, 4) is 0 Å². The molecule has 0 bridgehead atoms. The van der Waals surface area contributed by atoms with Gasteiger partial charge in [0.05, 0.1) is 6.10 Å². The summed E-state index contributed by atoms with van der Waals surface area (Å²) in [7, 11) is 0. The third-order valence-corrected chi connectivity index (χ3v) is 4.21. The number of benzene rings is 1. The molecular formula is C15H17ClN2O2. The maximum atomic E-state index is 12.1. The van der Waals surface area contributed by atoms with Crippen LogP contribution in [0.3, 0.4) is 0 Å². The van der Waals surface area contributed by atoms with Crippen molar-refractivity contribution in [2.75, 3.05) is 6.54 Å². The zero-order chi connectivity index (χ0) is 14.1. The van der Waals surface area contributed by atoms with Crippen molar-refractivity contribution >= 4 is 28.4 Å². The largest absolute Gasteiger partial charge is 0.393 e. The third-order valence-electron chi connectivity index (χ3n) is 3.97. The summed E-state index contributed by atoms with van der Waals surface area (Å²) in [6.07, 6.45) is 2.57. The monoisotopic (exact) mass is 292 g/mol. The second-order valence-electron chi connectivity index (χ2n) is 5.38. The maximum absolute atomic E-state index is 12.1. The van der Waals surface area contributed by atoms with E-state index in [2.05, 4.69) is 10.3 Å². The topological polar surface area (TPSA) is 65.1 Å². The molecule has 1 aliphatic carbocycles. The second kappa shape index (κ2) is 5.46. The fourth-order valence-corrected chi connectivity index (χ4v) is 2.97. The second-order valence-corrected chi connectivity index (χ2v) is 5.82. The standard InChI is InChI=1S/C15H17ClN2O2/c16-11-5-4-9-6-13(18-12(9)7-11)15(20)17-8-10-2-1-3-14(10)19/h4-7,10,14,18-19H,1-3,8H2,(H,17,20). The highest BCUT2D eigenvalue weighted by Crippen LogP contribution is 2.25. The van der Waals surface area contributed by atoms with Gasteiger partial charge in [-0.1, -0.05) is 24.1 Å². The summed E-state index contributed by atoms with van der Waals surface area (Å²) in [6, 6.07) is 7.29. The van der Waals surface area contributed by atoms with E-state index < -0.39 is 0 Å². The normalized spacial score (nSPS) is 22.3. The van der Waals surface area contributed by atoms with Crippen LogP contribution in [0.2, 0.25) is 5.02 Å². The lowest BCUT2D eigenvalue weighted by Crippen LogP contribution is -2.32. The highest BCUT2D eigenvalue weighted by molar-refractivity contribution is 6.31. The number of hydrogen-bond donors (Lipinski definition) is 3. The van der Waals surface area contributed by atoms with Gasteiger partial charge in [-0.15, -0.1) is 0 Å². The van der Waals surface area contributed by atoms with Crippen molar-refractivity contribution in [3.05, 3.63) is 35.0 Å². The fraction of sp³-hybridized carbons (Fsp3) is 0.400. The summed E-state index contributed by atoms with van der Waals surface area (Å²) >= 11 is 5.92. The molecule has 1 fully saturated rings. The zero-order valence-corrected chi connectivity index (χ0v) is 11.8. The molecule has 0 spiro atoms. The molecule has 0 radical (unpaired) electrons. The highest BCUT2D eigenvalue weighted by Gasteiger charge is 2.25. The van der Waals surface area contributed by atoms with Gasteiger partial charge in [0.2, 0.25) is 0 Å². The predicted octanol–water partition coefficient (Wildman–Crippen LogP) is 2.71. The number of nitrogens with one attached hydrogen (secondary N) is 2. The minimum absolute atomic E-state index is 0.142. The van der Waals surface area contributed by atoms with E-state index in [-0.39, 0.29) is 17.9 Å². The van der Waals surface area contributed by atoms with E-state index >= 15 is 0 Å². The number of aliphatic hydroxyl groups excluding tert-OH is 1. The van der Waals surface area contributed by atoms with Gasteiger partial charge in [0.15, 0.2) is 0 Å². The quantitative estimate of drug-likeness (QED) is 0.814. The summed E-state index contributed by atoms with van der Waals surface area (Å²) in [5, 5.41) is 14.2. The molecule has 1 aromatic heterocycles. The number of rotatable bonds is 3. The molecule has 1 heterocycles. The average Bonchev–Trinajstić information content (AvgIpc) is 3.01. The van der Waals surface area contributed by atoms with Crippen LogP contribution in [-0.2, 0) is 0 Å². The lowest BCUT2D eigenvalue weighted by atomic mass is 10.1. The van der Waals surface area contributed by atoms with E-state index in [1.807, 2.05) is 12.1 Å². The SMILES string of the molecule is O=C(NCC1CCCC1O)c1cc2ccc(Cl)cc2[nH]1. The molecule has 2 aromatic rings. The predicted molar refractivity (Wildman–Crippen MR) is 79.0 cm³/mol. The molecule has 5 heteroatoms. The fourth-order valence-electron chi connectivity index (χ4n) is 2.80. The summed E-state index contributed by atoms with van der Waals surface area (Å²) in [5.41, 5.74) is 1.37. The Morgan fingerprint density at radius 1 is 1.40 bits per heavy atom. The van der Waals surface area contributed by atoms with Gasteiger partial charge in [-0.3, -0.25) is 4.79 Å². The molecule has 2 unspecified atom stereocenters. The van der Waals surface area contributed by atoms with Gasteiger partial charge in [0, 0.05) is 28.4 Å². The number of carbonyl (C=O) groups excluding carboxylic acids is 1. The van der Waals surface area contributed by atoms with Gasteiger partial charge in [-0.25, -0.2) is 0 Å². The number of carbonyl (C=O) groups is 1. The molecule has 20 heavy (non-hydrogen) atoms. The molecule has 0 aliphatic heterocycles. The summed E-state index contributed by atoms with van der Waals surface area (Å²) in [5.74, 6) is 0.0363. The van der Waals surface area contributed by atoms with Crippen LogP contribution in [0.4, 0.5) is 0 Å². The molecule has 3 rings (SSSR count). The van der Waals surface area contributed by atoms with Crippen molar-refractivity contribution in [2.24, 2.45) is 5.92 Å². The molecule has 1 amide bonds. The Hall–Kier alpha value is -1.52. The molecule has 4 nitrogen and oxygen atoms in total. The number of hydrogen-bond acceptors (Lipinski definition) is 2.